The standard InChI is InChI=1S/C20H20ClFN2O3/c21-14-8-11-17(25)24(12-14)18(19(26)13-6-9-15(22)10-7-13)20(27)23-16-4-2-1-3-5-16/h6-12,16,18H,1-5H2,(H,23,27)/t18-/m1/s1. The van der Waals surface area contributed by atoms with Crippen molar-refractivity contribution < 1.29 is 14.0 Å². The van der Waals surface area contributed by atoms with Crippen molar-refractivity contribution in [3.8, 4) is 0 Å². The van der Waals surface area contributed by atoms with Gasteiger partial charge >= 0.3 is 0 Å². The Bertz CT molecular complexity index is 889. The zero-order valence-corrected chi connectivity index (χ0v) is 15.4. The summed E-state index contributed by atoms with van der Waals surface area (Å²) < 4.78 is 14.2. The van der Waals surface area contributed by atoms with Crippen LogP contribution < -0.4 is 10.9 Å². The number of carbonyl (C=O) groups excluding carboxylic acids is 2. The predicted octanol–water partition coefficient (Wildman–Crippen LogP) is 3.51. The molecule has 0 unspecified atom stereocenters. The molecule has 1 aromatic heterocycles. The zero-order valence-electron chi connectivity index (χ0n) is 14.7. The van der Waals surface area contributed by atoms with Gasteiger partial charge in [0.05, 0.1) is 5.02 Å². The van der Waals surface area contributed by atoms with Crippen LogP contribution in [0.1, 0.15) is 48.5 Å². The number of hydrogen-bond acceptors (Lipinski definition) is 3. The van der Waals surface area contributed by atoms with Gasteiger partial charge in [-0.05, 0) is 43.2 Å². The van der Waals surface area contributed by atoms with Gasteiger partial charge in [0, 0.05) is 23.9 Å². The fourth-order valence-electron chi connectivity index (χ4n) is 3.35. The van der Waals surface area contributed by atoms with Crippen LogP contribution in [-0.4, -0.2) is 22.3 Å². The molecular formula is C20H20ClFN2O3. The molecule has 5 nitrogen and oxygen atoms in total. The first-order valence-electron chi connectivity index (χ1n) is 8.93. The molecule has 1 aliphatic rings. The topological polar surface area (TPSA) is 68.2 Å². The predicted molar refractivity (Wildman–Crippen MR) is 100 cm³/mol. The van der Waals surface area contributed by atoms with E-state index in [-0.39, 0.29) is 16.6 Å². The molecule has 1 aliphatic carbocycles. The van der Waals surface area contributed by atoms with Crippen LogP contribution in [-0.2, 0) is 4.79 Å². The number of benzene rings is 1. The lowest BCUT2D eigenvalue weighted by Crippen LogP contribution is -2.45. The number of amides is 1. The highest BCUT2D eigenvalue weighted by Crippen LogP contribution is 2.20. The maximum atomic E-state index is 13.2. The maximum Gasteiger partial charge on any atom is 0.251 e. The summed E-state index contributed by atoms with van der Waals surface area (Å²) in [6, 6.07) is 6.07. The number of aromatic nitrogens is 1. The molecule has 0 bridgehead atoms. The van der Waals surface area contributed by atoms with Gasteiger partial charge in [-0.15, -0.1) is 0 Å². The van der Waals surface area contributed by atoms with Crippen molar-refractivity contribution in [1.82, 2.24) is 9.88 Å². The largest absolute Gasteiger partial charge is 0.351 e. The van der Waals surface area contributed by atoms with Crippen LogP contribution in [0.15, 0.2) is 47.4 Å². The van der Waals surface area contributed by atoms with Crippen molar-refractivity contribution >= 4 is 23.3 Å². The number of carbonyl (C=O) groups is 2. The van der Waals surface area contributed by atoms with E-state index in [4.69, 9.17) is 11.6 Å². The van der Waals surface area contributed by atoms with Crippen molar-refractivity contribution in [3.05, 3.63) is 69.4 Å². The van der Waals surface area contributed by atoms with Crippen molar-refractivity contribution in [2.24, 2.45) is 0 Å². The number of pyridine rings is 1. The normalized spacial score (nSPS) is 15.9. The van der Waals surface area contributed by atoms with E-state index in [1.54, 1.807) is 0 Å². The Morgan fingerprint density at radius 3 is 2.41 bits per heavy atom. The molecule has 3 rings (SSSR count). The first kappa shape index (κ1) is 19.3. The monoisotopic (exact) mass is 390 g/mol. The molecule has 1 atom stereocenters. The van der Waals surface area contributed by atoms with Gasteiger partial charge < -0.3 is 5.32 Å². The molecule has 1 heterocycles. The molecule has 0 spiro atoms. The highest BCUT2D eigenvalue weighted by Gasteiger charge is 2.32. The van der Waals surface area contributed by atoms with Crippen LogP contribution in [0.2, 0.25) is 5.02 Å². The Morgan fingerprint density at radius 1 is 1.07 bits per heavy atom. The van der Waals surface area contributed by atoms with Crippen LogP contribution >= 0.6 is 11.6 Å². The summed E-state index contributed by atoms with van der Waals surface area (Å²) >= 11 is 5.98. The summed E-state index contributed by atoms with van der Waals surface area (Å²) in [6.45, 7) is 0. The molecule has 0 aliphatic heterocycles. The summed E-state index contributed by atoms with van der Waals surface area (Å²) in [6.07, 6.45) is 6.10. The number of rotatable bonds is 5. The molecule has 0 saturated heterocycles. The van der Waals surface area contributed by atoms with E-state index in [2.05, 4.69) is 5.32 Å². The highest BCUT2D eigenvalue weighted by molar-refractivity contribution is 6.30. The SMILES string of the molecule is O=C(NC1CCCCC1)[C@@H](C(=O)c1ccc(F)cc1)n1cc(Cl)ccc1=O. The molecule has 142 valence electrons. The molecule has 27 heavy (non-hydrogen) atoms. The lowest BCUT2D eigenvalue weighted by Gasteiger charge is -2.26. The van der Waals surface area contributed by atoms with Gasteiger partial charge in [0.15, 0.2) is 11.8 Å². The van der Waals surface area contributed by atoms with E-state index >= 15 is 0 Å². The molecule has 1 amide bonds. The van der Waals surface area contributed by atoms with E-state index in [1.165, 1.54) is 30.5 Å². The molecule has 2 aromatic rings. The minimum Gasteiger partial charge on any atom is -0.351 e. The summed E-state index contributed by atoms with van der Waals surface area (Å²) in [5.74, 6) is -1.64. The van der Waals surface area contributed by atoms with Crippen LogP contribution in [0.3, 0.4) is 0 Å². The Balaban J connectivity index is 1.96. The van der Waals surface area contributed by atoms with Gasteiger partial charge in [-0.25, -0.2) is 4.39 Å². The van der Waals surface area contributed by atoms with Crippen molar-refractivity contribution in [3.63, 3.8) is 0 Å². The summed E-state index contributed by atoms with van der Waals surface area (Å²) in [4.78, 5) is 38.3. The minimum atomic E-state index is -1.40. The molecule has 1 fully saturated rings. The first-order chi connectivity index (χ1) is 13.0. The third kappa shape index (κ3) is 4.63. The van der Waals surface area contributed by atoms with Crippen molar-refractivity contribution in [1.29, 1.82) is 0 Å². The average molecular weight is 391 g/mol. The van der Waals surface area contributed by atoms with Crippen LogP contribution in [0, 0.1) is 5.82 Å². The van der Waals surface area contributed by atoms with Gasteiger partial charge in [0.2, 0.25) is 0 Å². The van der Waals surface area contributed by atoms with Crippen LogP contribution in [0.5, 0.6) is 0 Å². The van der Waals surface area contributed by atoms with Crippen molar-refractivity contribution in [2.75, 3.05) is 0 Å². The fraction of sp³-hybridized carbons (Fsp3) is 0.350. The molecule has 1 saturated carbocycles. The van der Waals surface area contributed by atoms with E-state index in [9.17, 15) is 18.8 Å². The number of ketones is 1. The van der Waals surface area contributed by atoms with E-state index in [0.717, 1.165) is 48.8 Å². The summed E-state index contributed by atoms with van der Waals surface area (Å²) in [7, 11) is 0. The molecule has 1 N–H and O–H groups in total. The maximum absolute atomic E-state index is 13.2. The second-order valence-electron chi connectivity index (χ2n) is 6.71. The van der Waals surface area contributed by atoms with E-state index < -0.39 is 29.1 Å². The quantitative estimate of drug-likeness (QED) is 0.627. The third-order valence-electron chi connectivity index (χ3n) is 4.76. The smallest absolute Gasteiger partial charge is 0.251 e. The number of halogens is 2. The Kier molecular flexibility index (Phi) is 6.06. The number of nitrogens with zero attached hydrogens (tertiary/aromatic N) is 1. The van der Waals surface area contributed by atoms with Gasteiger partial charge in [-0.1, -0.05) is 30.9 Å². The molecule has 1 aromatic carbocycles. The van der Waals surface area contributed by atoms with Gasteiger partial charge in [0.25, 0.3) is 11.5 Å². The minimum absolute atomic E-state index is 0.0235. The highest BCUT2D eigenvalue weighted by atomic mass is 35.5. The Hall–Kier alpha value is -2.47. The Labute approximate surface area is 161 Å². The van der Waals surface area contributed by atoms with E-state index in [0.29, 0.717) is 0 Å². The molecule has 0 radical (unpaired) electrons. The fourth-order valence-corrected chi connectivity index (χ4v) is 3.52. The lowest BCUT2D eigenvalue weighted by atomic mass is 9.94. The zero-order chi connectivity index (χ0) is 19.4. The van der Waals surface area contributed by atoms with Crippen molar-refractivity contribution in [2.45, 2.75) is 44.2 Å². The summed E-state index contributed by atoms with van der Waals surface area (Å²) in [5, 5.41) is 3.12. The second kappa shape index (κ2) is 8.48. The first-order valence-corrected chi connectivity index (χ1v) is 9.31. The van der Waals surface area contributed by atoms with E-state index in [1.807, 2.05) is 0 Å². The number of hydrogen-bond donors (Lipinski definition) is 1. The summed E-state index contributed by atoms with van der Waals surface area (Å²) in [5.41, 5.74) is -0.370. The second-order valence-corrected chi connectivity index (χ2v) is 7.15. The van der Waals surface area contributed by atoms with Gasteiger partial charge in [-0.2, -0.15) is 0 Å². The number of nitrogens with one attached hydrogen (secondary N) is 1. The Morgan fingerprint density at radius 2 is 1.74 bits per heavy atom. The van der Waals surface area contributed by atoms with Crippen LogP contribution in [0.25, 0.3) is 0 Å². The molecular weight excluding hydrogens is 371 g/mol. The van der Waals surface area contributed by atoms with Gasteiger partial charge in [-0.3, -0.25) is 19.0 Å². The average Bonchev–Trinajstić information content (AvgIpc) is 2.66. The lowest BCUT2D eigenvalue weighted by molar-refractivity contribution is -0.124. The number of Topliss-reactive ketones (excluding diaryl/α,β-unsaturated/α-hetero) is 1. The third-order valence-corrected chi connectivity index (χ3v) is 4.98. The molecule has 7 heteroatoms. The van der Waals surface area contributed by atoms with Gasteiger partial charge in [0.1, 0.15) is 5.82 Å². The van der Waals surface area contributed by atoms with Crippen LogP contribution in [0.4, 0.5) is 4.39 Å².